The third-order valence-corrected chi connectivity index (χ3v) is 3.04. The largest absolute Gasteiger partial charge is 0.463 e. The summed E-state index contributed by atoms with van der Waals surface area (Å²) in [4.78, 5) is 11.7. The van der Waals surface area contributed by atoms with Gasteiger partial charge in [-0.1, -0.05) is 19.8 Å². The second-order valence-electron chi connectivity index (χ2n) is 4.62. The van der Waals surface area contributed by atoms with Gasteiger partial charge in [0.1, 0.15) is 6.61 Å². The van der Waals surface area contributed by atoms with E-state index in [2.05, 4.69) is 6.92 Å². The fourth-order valence-electron chi connectivity index (χ4n) is 2.31. The van der Waals surface area contributed by atoms with Crippen LogP contribution in [0.4, 0.5) is 0 Å². The Kier molecular flexibility index (Phi) is 3.93. The summed E-state index contributed by atoms with van der Waals surface area (Å²) in [5, 5.41) is 8.57. The van der Waals surface area contributed by atoms with Gasteiger partial charge in [-0.25, -0.2) is 0 Å². The van der Waals surface area contributed by atoms with Crippen molar-refractivity contribution in [2.45, 2.75) is 39.5 Å². The third-order valence-electron chi connectivity index (χ3n) is 3.04. The van der Waals surface area contributed by atoms with E-state index >= 15 is 0 Å². The van der Waals surface area contributed by atoms with Gasteiger partial charge in [-0.15, -0.1) is 0 Å². The zero-order chi connectivity index (χ0) is 10.6. The molecule has 1 rings (SSSR count). The number of hydrogen-bond donors (Lipinski definition) is 1. The first-order valence-corrected chi connectivity index (χ1v) is 5.36. The van der Waals surface area contributed by atoms with Crippen LogP contribution in [-0.2, 0) is 9.53 Å². The lowest BCUT2D eigenvalue weighted by Gasteiger charge is -2.34. The summed E-state index contributed by atoms with van der Waals surface area (Å²) in [5.41, 5.74) is -0.313. The minimum Gasteiger partial charge on any atom is -0.463 e. The Bertz CT molecular complexity index is 203. The maximum absolute atomic E-state index is 11.7. The molecule has 1 aliphatic carbocycles. The number of aliphatic hydroxyl groups is 1. The predicted molar refractivity (Wildman–Crippen MR) is 53.8 cm³/mol. The monoisotopic (exact) mass is 200 g/mol. The van der Waals surface area contributed by atoms with Crippen molar-refractivity contribution in [2.24, 2.45) is 11.3 Å². The van der Waals surface area contributed by atoms with Crippen molar-refractivity contribution in [3.05, 3.63) is 0 Å². The van der Waals surface area contributed by atoms with Gasteiger partial charge >= 0.3 is 5.97 Å². The van der Waals surface area contributed by atoms with E-state index in [1.54, 1.807) is 0 Å². The highest BCUT2D eigenvalue weighted by molar-refractivity contribution is 5.76. The maximum atomic E-state index is 11.7. The van der Waals surface area contributed by atoms with Crippen LogP contribution in [0.15, 0.2) is 0 Å². The molecule has 3 nitrogen and oxygen atoms in total. The molecule has 0 aliphatic heterocycles. The zero-order valence-corrected chi connectivity index (χ0v) is 9.08. The van der Waals surface area contributed by atoms with E-state index in [-0.39, 0.29) is 24.6 Å². The molecule has 0 bridgehead atoms. The minimum atomic E-state index is -0.313. The summed E-state index contributed by atoms with van der Waals surface area (Å²) >= 11 is 0. The summed E-state index contributed by atoms with van der Waals surface area (Å²) in [6.45, 7) is 4.19. The molecular formula is C11H20O3. The van der Waals surface area contributed by atoms with Gasteiger partial charge in [0, 0.05) is 0 Å². The molecule has 1 fully saturated rings. The molecule has 14 heavy (non-hydrogen) atoms. The SMILES string of the molecule is CC1CCCC(C)(C(=O)OCCO)C1. The predicted octanol–water partition coefficient (Wildman–Crippen LogP) is 1.74. The lowest BCUT2D eigenvalue weighted by molar-refractivity contribution is -0.158. The highest BCUT2D eigenvalue weighted by Crippen LogP contribution is 2.39. The van der Waals surface area contributed by atoms with E-state index in [9.17, 15) is 4.79 Å². The summed E-state index contributed by atoms with van der Waals surface area (Å²) in [7, 11) is 0. The van der Waals surface area contributed by atoms with E-state index in [0.29, 0.717) is 5.92 Å². The quantitative estimate of drug-likeness (QED) is 0.706. The highest BCUT2D eigenvalue weighted by atomic mass is 16.5. The number of hydrogen-bond acceptors (Lipinski definition) is 3. The Morgan fingerprint density at radius 3 is 2.93 bits per heavy atom. The molecule has 0 heterocycles. The first-order chi connectivity index (χ1) is 6.58. The van der Waals surface area contributed by atoms with E-state index < -0.39 is 0 Å². The van der Waals surface area contributed by atoms with Crippen LogP contribution in [0, 0.1) is 11.3 Å². The van der Waals surface area contributed by atoms with Gasteiger partial charge in [-0.2, -0.15) is 0 Å². The van der Waals surface area contributed by atoms with Crippen LogP contribution in [0.2, 0.25) is 0 Å². The van der Waals surface area contributed by atoms with E-state index in [1.165, 1.54) is 6.42 Å². The minimum absolute atomic E-state index is 0.0859. The Balaban J connectivity index is 2.50. The van der Waals surface area contributed by atoms with Gasteiger partial charge in [0.2, 0.25) is 0 Å². The number of aliphatic hydroxyl groups excluding tert-OH is 1. The summed E-state index contributed by atoms with van der Waals surface area (Å²) in [5.74, 6) is 0.466. The molecule has 2 unspecified atom stereocenters. The fourth-order valence-corrected chi connectivity index (χ4v) is 2.31. The zero-order valence-electron chi connectivity index (χ0n) is 9.08. The average molecular weight is 200 g/mol. The second kappa shape index (κ2) is 4.78. The van der Waals surface area contributed by atoms with Crippen molar-refractivity contribution in [3.63, 3.8) is 0 Å². The van der Waals surface area contributed by atoms with E-state index in [1.807, 2.05) is 6.92 Å². The molecule has 1 N–H and O–H groups in total. The Hall–Kier alpha value is -0.570. The molecule has 0 aromatic rings. The van der Waals surface area contributed by atoms with Crippen molar-refractivity contribution >= 4 is 5.97 Å². The third kappa shape index (κ3) is 2.71. The molecule has 3 heteroatoms. The van der Waals surface area contributed by atoms with Gasteiger partial charge in [0.25, 0.3) is 0 Å². The molecule has 1 saturated carbocycles. The lowest BCUT2D eigenvalue weighted by atomic mass is 9.71. The van der Waals surface area contributed by atoms with E-state index in [4.69, 9.17) is 9.84 Å². The number of carbonyl (C=O) groups excluding carboxylic acids is 1. The highest BCUT2D eigenvalue weighted by Gasteiger charge is 2.38. The number of ether oxygens (including phenoxy) is 1. The molecule has 0 aromatic carbocycles. The van der Waals surface area contributed by atoms with Crippen LogP contribution in [0.5, 0.6) is 0 Å². The number of rotatable bonds is 3. The van der Waals surface area contributed by atoms with Crippen LogP contribution in [-0.4, -0.2) is 24.3 Å². The lowest BCUT2D eigenvalue weighted by Crippen LogP contribution is -2.35. The number of carbonyl (C=O) groups is 1. The van der Waals surface area contributed by atoms with Crippen molar-refractivity contribution in [1.82, 2.24) is 0 Å². The smallest absolute Gasteiger partial charge is 0.311 e. The maximum Gasteiger partial charge on any atom is 0.311 e. The Morgan fingerprint density at radius 2 is 2.36 bits per heavy atom. The molecule has 82 valence electrons. The first kappa shape index (κ1) is 11.5. The molecule has 1 aliphatic rings. The molecule has 2 atom stereocenters. The first-order valence-electron chi connectivity index (χ1n) is 5.36. The molecule has 0 spiro atoms. The van der Waals surface area contributed by atoms with Crippen LogP contribution in [0.3, 0.4) is 0 Å². The number of esters is 1. The van der Waals surface area contributed by atoms with Gasteiger partial charge in [0.05, 0.1) is 12.0 Å². The van der Waals surface area contributed by atoms with Crippen molar-refractivity contribution < 1.29 is 14.6 Å². The molecule has 0 amide bonds. The summed E-state index contributed by atoms with van der Waals surface area (Å²) in [6, 6.07) is 0. The molecule has 0 saturated heterocycles. The standard InChI is InChI=1S/C11H20O3/c1-9-4-3-5-11(2,8-9)10(13)14-7-6-12/h9,12H,3-8H2,1-2H3. The fraction of sp³-hybridized carbons (Fsp3) is 0.909. The van der Waals surface area contributed by atoms with Gasteiger partial charge < -0.3 is 9.84 Å². The van der Waals surface area contributed by atoms with Crippen LogP contribution < -0.4 is 0 Å². The Morgan fingerprint density at radius 1 is 1.64 bits per heavy atom. The summed E-state index contributed by atoms with van der Waals surface area (Å²) in [6.07, 6.45) is 4.15. The molecular weight excluding hydrogens is 180 g/mol. The Labute approximate surface area is 85.5 Å². The van der Waals surface area contributed by atoms with Gasteiger partial charge in [-0.3, -0.25) is 4.79 Å². The molecule has 0 aromatic heterocycles. The van der Waals surface area contributed by atoms with Gasteiger partial charge in [0.15, 0.2) is 0 Å². The van der Waals surface area contributed by atoms with Crippen molar-refractivity contribution in [3.8, 4) is 0 Å². The van der Waals surface area contributed by atoms with Gasteiger partial charge in [-0.05, 0) is 25.7 Å². The normalized spacial score (nSPS) is 32.6. The van der Waals surface area contributed by atoms with Crippen LogP contribution >= 0.6 is 0 Å². The van der Waals surface area contributed by atoms with Crippen molar-refractivity contribution in [1.29, 1.82) is 0 Å². The van der Waals surface area contributed by atoms with Crippen LogP contribution in [0.1, 0.15) is 39.5 Å². The second-order valence-corrected chi connectivity index (χ2v) is 4.62. The van der Waals surface area contributed by atoms with E-state index in [0.717, 1.165) is 19.3 Å². The van der Waals surface area contributed by atoms with Crippen molar-refractivity contribution in [2.75, 3.05) is 13.2 Å². The topological polar surface area (TPSA) is 46.5 Å². The summed E-state index contributed by atoms with van der Waals surface area (Å²) < 4.78 is 4.99. The molecule has 0 radical (unpaired) electrons. The average Bonchev–Trinajstić information content (AvgIpc) is 2.13. The van der Waals surface area contributed by atoms with Crippen LogP contribution in [0.25, 0.3) is 0 Å².